The fourth-order valence-corrected chi connectivity index (χ4v) is 34.1. The Kier molecular flexibility index (Phi) is 26.9. The maximum Gasteiger partial charge on any atom is 0.331 e. The van der Waals surface area contributed by atoms with Gasteiger partial charge in [-0.15, -0.1) is 0 Å². The maximum atomic E-state index is 12.1. The zero-order chi connectivity index (χ0) is 78.4. The van der Waals surface area contributed by atoms with Crippen LogP contribution >= 0.6 is 58.8 Å². The van der Waals surface area contributed by atoms with Crippen molar-refractivity contribution in [3.05, 3.63) is 58.2 Å². The summed E-state index contributed by atoms with van der Waals surface area (Å²) in [7, 11) is 0. The number of carbonyl (C=O) groups is 5. The van der Waals surface area contributed by atoms with Gasteiger partial charge in [0.1, 0.15) is 0 Å². The predicted molar refractivity (Wildman–Crippen MR) is 466 cm³/mol. The zero-order valence-electron chi connectivity index (χ0n) is 70.2. The van der Waals surface area contributed by atoms with Crippen LogP contribution in [-0.2, 0) is 47.7 Å². The van der Waals surface area contributed by atoms with Gasteiger partial charge in [-0.25, -0.2) is 24.0 Å². The third kappa shape index (κ3) is 16.1. The van der Waals surface area contributed by atoms with Crippen LogP contribution in [-0.4, -0.2) is 255 Å². The zero-order valence-corrected chi connectivity index (χ0v) is 74.3. The van der Waals surface area contributed by atoms with E-state index in [2.05, 4.69) is 123 Å². The van der Waals surface area contributed by atoms with Crippen LogP contribution in [0.15, 0.2) is 58.2 Å². The van der Waals surface area contributed by atoms with E-state index in [9.17, 15) is 24.0 Å². The molecule has 15 aliphatic heterocycles. The Morgan fingerprint density at radius 3 is 0.930 bits per heavy atom. The highest BCUT2D eigenvalue weighted by molar-refractivity contribution is 8.00. The van der Waals surface area contributed by atoms with E-state index in [4.69, 9.17) is 23.7 Å². The van der Waals surface area contributed by atoms with Gasteiger partial charge in [0, 0.05) is 131 Å². The van der Waals surface area contributed by atoms with Crippen LogP contribution in [0.1, 0.15) is 285 Å². The number of hydrogen-bond acceptors (Lipinski definition) is 21. The molecule has 21 heteroatoms. The van der Waals surface area contributed by atoms with Crippen molar-refractivity contribution in [2.45, 2.75) is 400 Å². The normalized spacial score (nSPS) is 40.3. The molecule has 0 amide bonds. The minimum absolute atomic E-state index is 0.0735. The number of nitrogens with zero attached hydrogens (tertiary/aromatic N) is 6. The van der Waals surface area contributed by atoms with Gasteiger partial charge in [0.2, 0.25) is 0 Å². The van der Waals surface area contributed by atoms with Crippen molar-refractivity contribution in [2.24, 2.45) is 5.92 Å². The quantitative estimate of drug-likeness (QED) is 0.0412. The van der Waals surface area contributed by atoms with Gasteiger partial charge in [-0.1, -0.05) is 125 Å². The summed E-state index contributed by atoms with van der Waals surface area (Å²) < 4.78 is 29.7. The van der Waals surface area contributed by atoms with Crippen molar-refractivity contribution in [1.29, 1.82) is 0 Å². The number of ether oxygens (including phenoxy) is 5. The van der Waals surface area contributed by atoms with Gasteiger partial charge < -0.3 is 28.6 Å². The van der Waals surface area contributed by atoms with E-state index in [-0.39, 0.29) is 57.9 Å². The molecule has 0 aromatic heterocycles. The first-order valence-corrected chi connectivity index (χ1v) is 52.2. The van der Waals surface area contributed by atoms with Crippen molar-refractivity contribution >= 4 is 88.7 Å². The van der Waals surface area contributed by atoms with E-state index in [0.29, 0.717) is 86.7 Å². The fourth-order valence-electron chi connectivity index (χ4n) is 26.8. The second kappa shape index (κ2) is 36.5. The molecule has 21 rings (SSSR count). The topological polar surface area (TPSA) is 151 Å². The van der Waals surface area contributed by atoms with Crippen molar-refractivity contribution in [1.82, 2.24) is 29.4 Å². The molecule has 5 unspecified atom stereocenters. The molecular formula is C93H140N6O10S5. The Morgan fingerprint density at radius 2 is 0.614 bits per heavy atom. The van der Waals surface area contributed by atoms with Gasteiger partial charge in [-0.3, -0.25) is 24.5 Å². The second-order valence-electron chi connectivity index (χ2n) is 38.2. The molecule has 10 bridgehead atoms. The molecule has 10 saturated heterocycles. The van der Waals surface area contributed by atoms with Gasteiger partial charge >= 0.3 is 29.8 Å². The van der Waals surface area contributed by atoms with Crippen LogP contribution in [0.2, 0.25) is 0 Å². The summed E-state index contributed by atoms with van der Waals surface area (Å²) in [5, 5.41) is 3.27. The third-order valence-electron chi connectivity index (χ3n) is 32.0. The largest absolute Gasteiger partial charge is 0.450 e. The van der Waals surface area contributed by atoms with Gasteiger partial charge in [0.25, 0.3) is 0 Å². The lowest BCUT2D eigenvalue weighted by Crippen LogP contribution is -2.48. The number of unbranched alkanes of at least 4 members (excludes halogenated alkanes) is 5. The van der Waals surface area contributed by atoms with E-state index < -0.39 is 0 Å². The lowest BCUT2D eigenvalue weighted by Gasteiger charge is -2.38. The van der Waals surface area contributed by atoms with Crippen molar-refractivity contribution in [3.63, 3.8) is 0 Å². The molecule has 0 N–H and O–H groups in total. The number of esters is 5. The highest BCUT2D eigenvalue weighted by Gasteiger charge is 2.69. The van der Waals surface area contributed by atoms with Gasteiger partial charge in [0.15, 0.2) is 28.0 Å². The summed E-state index contributed by atoms with van der Waals surface area (Å²) in [6, 6.07) is 5.40. The van der Waals surface area contributed by atoms with E-state index in [1.807, 2.05) is 30.4 Å². The molecule has 0 aromatic carbocycles. The van der Waals surface area contributed by atoms with Crippen LogP contribution in [0.3, 0.4) is 0 Å². The van der Waals surface area contributed by atoms with Crippen molar-refractivity contribution < 1.29 is 47.7 Å². The summed E-state index contributed by atoms with van der Waals surface area (Å²) in [6.07, 6.45) is 58.0. The SMILES string of the molecule is CCCCCCCSC1CC2=CC(=O)O[C@@]23C[C@@H]1N1CCCC[C@@H]13.CCCCSC1CC2=CC(=O)O[C@@]23C[C@@H]1N1CCCC[C@@H]13.CCCSC1CC2=CC(=O)O[C@@]23C[C@@H]1N1CCCC[C@@H]13.CCN(CC)CCSC1CC2=CC(=O)O[C@@]23C[C@@H]1N1CCCC[C@@H]13.O=C1C=C2CC(SCC3CCCCCC3)[C@@H]3C[C@@]2(O1)[C@H]1CCCCN31. The lowest BCUT2D eigenvalue weighted by molar-refractivity contribution is -0.149. The minimum Gasteiger partial charge on any atom is -0.450 e. The first-order valence-electron chi connectivity index (χ1n) is 47.0. The van der Waals surface area contributed by atoms with E-state index in [1.165, 1.54) is 282 Å². The monoisotopic (exact) mass is 1660 g/mol. The molecule has 114 heavy (non-hydrogen) atoms. The molecule has 6 saturated carbocycles. The van der Waals surface area contributed by atoms with Crippen LogP contribution in [0.5, 0.6) is 0 Å². The molecule has 21 aliphatic rings. The number of hydrogen-bond donors (Lipinski definition) is 0. The van der Waals surface area contributed by atoms with Crippen LogP contribution in [0, 0.1) is 5.92 Å². The third-order valence-corrected chi connectivity index (χ3v) is 39.4. The molecular weight excluding hydrogens is 1520 g/mol. The number of fused-ring (bicyclic) bond motifs is 15. The maximum absolute atomic E-state index is 12.1. The predicted octanol–water partition coefficient (Wildman–Crippen LogP) is 17.2. The Morgan fingerprint density at radius 1 is 0.325 bits per heavy atom. The average Bonchev–Trinajstić information content (AvgIpc) is 1.58. The Hall–Kier alpha value is -2.44. The minimum atomic E-state index is -0.252. The van der Waals surface area contributed by atoms with Crippen LogP contribution < -0.4 is 0 Å². The van der Waals surface area contributed by atoms with Crippen LogP contribution in [0.25, 0.3) is 0 Å². The molecule has 6 aliphatic carbocycles. The highest BCUT2D eigenvalue weighted by atomic mass is 32.2. The first-order chi connectivity index (χ1) is 55.7. The summed E-state index contributed by atoms with van der Waals surface area (Å²) >= 11 is 10.8. The lowest BCUT2D eigenvalue weighted by atomic mass is 9.77. The smallest absolute Gasteiger partial charge is 0.331 e. The van der Waals surface area contributed by atoms with Crippen molar-refractivity contribution in [3.8, 4) is 0 Å². The highest BCUT2D eigenvalue weighted by Crippen LogP contribution is 2.62. The van der Waals surface area contributed by atoms with E-state index in [1.54, 1.807) is 0 Å². The van der Waals surface area contributed by atoms with Gasteiger partial charge in [0.05, 0.1) is 30.2 Å². The number of thioether (sulfide) groups is 5. The second-order valence-corrected chi connectivity index (χ2v) is 44.8. The molecule has 16 nitrogen and oxygen atoms in total. The molecule has 632 valence electrons. The molecule has 0 radical (unpaired) electrons. The molecule has 20 atom stereocenters. The Labute approximate surface area is 705 Å². The Bertz CT molecular complexity index is 3620. The summed E-state index contributed by atoms with van der Waals surface area (Å²) in [5.41, 5.74) is 5.39. The summed E-state index contributed by atoms with van der Waals surface area (Å²) in [6.45, 7) is 20.7. The number of carbonyl (C=O) groups excluding carboxylic acids is 5. The van der Waals surface area contributed by atoms with E-state index >= 15 is 0 Å². The standard InChI is InChI=1S/C21H31NO2S.C20H31NO2S.C19H30N2O2S.C17H25NO2S.C16H23NO2S/c23-20-12-16-11-18(25-14-15-7-3-1-2-4-8-15)17-13-21(16,24-20)19-9-5-6-10-22(17)19;1-2-3-4-5-8-11-24-17-12-15-13-19(22)23-20(15)14-16(17)21-10-7-6-9-18(20)21;1-3-20(4-2)9-10-24-16-11-14-12-18(22)23-19(14)13-15(16)21-8-6-5-7-17(19)21;1-2-3-8-21-14-9-12-10-16(19)20-17(12)11-13(14)18-7-5-4-6-15(17)18;1-2-7-20-13-8-11-9-15(18)19-16(11)10-12(13)17-6-4-3-5-14(16)17/h12,15,17-19H,1-11,13-14H2;13,16-18H,2-12,14H2,1H3;12,15-17H,3-11,13H2,1-2H3;10,13-15H,2-9,11H2,1H3;9,12-14H,2-8,10H2,1H3/t17-,18?,19+,21-;16-,17?,18+,20-;15-,16?,17+,19-;13-,14?,15+,17-;12-,13?,14+,16-/m00000/s1. The molecule has 0 aromatic rings. The fraction of sp³-hybridized carbons (Fsp3) is 0.839. The summed E-state index contributed by atoms with van der Waals surface area (Å²) in [4.78, 5) is 76.0. The van der Waals surface area contributed by atoms with E-state index in [0.717, 1.165) is 83.2 Å². The van der Waals surface area contributed by atoms with Gasteiger partial charge in [-0.2, -0.15) is 58.8 Å². The molecule has 15 heterocycles. The average molecular weight is 1660 g/mol. The van der Waals surface area contributed by atoms with Gasteiger partial charge in [-0.05, 0) is 231 Å². The van der Waals surface area contributed by atoms with Crippen LogP contribution in [0.4, 0.5) is 0 Å². The molecule has 16 fully saturated rings. The first kappa shape index (κ1) is 83.8. The molecule has 5 spiro atoms. The number of rotatable bonds is 23. The Balaban J connectivity index is 0.000000103. The van der Waals surface area contributed by atoms with Crippen molar-refractivity contribution in [2.75, 3.05) is 81.1 Å². The number of piperidine rings is 5. The summed E-state index contributed by atoms with van der Waals surface area (Å²) in [5.74, 6) is 6.78.